The van der Waals surface area contributed by atoms with E-state index in [0.29, 0.717) is 34.4 Å². The molecule has 2 N–H and O–H groups in total. The topological polar surface area (TPSA) is 95.1 Å². The van der Waals surface area contributed by atoms with Crippen LogP contribution in [0.15, 0.2) is 42.7 Å². The van der Waals surface area contributed by atoms with Crippen molar-refractivity contribution in [3.05, 3.63) is 53.3 Å². The van der Waals surface area contributed by atoms with Crippen molar-refractivity contribution in [2.75, 3.05) is 74.4 Å². The number of hydrogen-bond donors (Lipinski definition) is 2. The Balaban J connectivity index is 1.44. The summed E-state index contributed by atoms with van der Waals surface area (Å²) in [5.74, 6) is 1.92. The van der Waals surface area contributed by atoms with Crippen LogP contribution >= 0.6 is 11.6 Å². The van der Waals surface area contributed by atoms with Gasteiger partial charge in [-0.3, -0.25) is 4.90 Å². The van der Waals surface area contributed by atoms with Crippen molar-refractivity contribution in [1.82, 2.24) is 14.9 Å². The van der Waals surface area contributed by atoms with Gasteiger partial charge in [0.2, 0.25) is 0 Å². The molecule has 202 valence electrons. The Kier molecular flexibility index (Phi) is 8.75. The van der Waals surface area contributed by atoms with Gasteiger partial charge in [-0.25, -0.2) is 14.8 Å². The van der Waals surface area contributed by atoms with Gasteiger partial charge in [-0.15, -0.1) is 0 Å². The Morgan fingerprint density at radius 2 is 1.74 bits per heavy atom. The molecule has 1 fully saturated rings. The molecule has 2 heterocycles. The van der Waals surface area contributed by atoms with Gasteiger partial charge in [0.25, 0.3) is 0 Å². The van der Waals surface area contributed by atoms with Crippen LogP contribution in [-0.2, 0) is 0 Å². The maximum atomic E-state index is 13.1. The molecule has 2 amide bonds. The molecule has 0 saturated carbocycles. The second kappa shape index (κ2) is 12.2. The largest absolute Gasteiger partial charge is 0.496 e. The van der Waals surface area contributed by atoms with Crippen LogP contribution in [0.25, 0.3) is 0 Å². The van der Waals surface area contributed by atoms with Crippen molar-refractivity contribution in [3.8, 4) is 11.5 Å². The smallest absolute Gasteiger partial charge is 0.327 e. The van der Waals surface area contributed by atoms with E-state index < -0.39 is 6.03 Å². The third-order valence-corrected chi connectivity index (χ3v) is 7.11. The van der Waals surface area contributed by atoms with Gasteiger partial charge < -0.3 is 29.9 Å². The summed E-state index contributed by atoms with van der Waals surface area (Å²) in [5, 5.41) is 6.42. The van der Waals surface area contributed by atoms with E-state index in [2.05, 4.69) is 49.5 Å². The first kappa shape index (κ1) is 27.3. The van der Waals surface area contributed by atoms with E-state index in [1.54, 1.807) is 26.3 Å². The lowest BCUT2D eigenvalue weighted by atomic mass is 10.1. The summed E-state index contributed by atoms with van der Waals surface area (Å²) in [7, 11) is 4.67. The van der Waals surface area contributed by atoms with Crippen molar-refractivity contribution < 1.29 is 14.3 Å². The Labute approximate surface area is 228 Å². The number of piperazine rings is 1. The molecule has 10 nitrogen and oxygen atoms in total. The van der Waals surface area contributed by atoms with Crippen molar-refractivity contribution >= 4 is 46.3 Å². The number of nitrogens with zero attached hydrogens (tertiary/aromatic N) is 5. The summed E-state index contributed by atoms with van der Waals surface area (Å²) in [4.78, 5) is 27.9. The standard InChI is InChI=1S/C27H34ClN7O3/c1-6-34-11-13-35(14-12-34)20-9-7-19(8-10-20)31-23-16-24(30-17-29-23)33(3)27(36)32-26-18(2)21(37-4)15-22(38-5)25(26)28/h7-10,15-17H,6,11-14H2,1-5H3,(H,32,36)(H,29,30,31). The van der Waals surface area contributed by atoms with Gasteiger partial charge in [0.05, 0.1) is 19.9 Å². The number of ether oxygens (including phenoxy) is 2. The number of anilines is 5. The average Bonchev–Trinajstić information content (AvgIpc) is 2.95. The summed E-state index contributed by atoms with van der Waals surface area (Å²) in [6.45, 7) is 9.32. The Morgan fingerprint density at radius 1 is 1.05 bits per heavy atom. The van der Waals surface area contributed by atoms with Gasteiger partial charge >= 0.3 is 6.03 Å². The molecule has 0 aliphatic carbocycles. The van der Waals surface area contributed by atoms with E-state index in [1.165, 1.54) is 24.0 Å². The molecule has 4 rings (SSSR count). The molecule has 38 heavy (non-hydrogen) atoms. The number of nitrogens with one attached hydrogen (secondary N) is 2. The van der Waals surface area contributed by atoms with Crippen molar-refractivity contribution in [1.29, 1.82) is 0 Å². The number of carbonyl (C=O) groups is 1. The van der Waals surface area contributed by atoms with Gasteiger partial charge in [0, 0.05) is 62.3 Å². The first-order valence-corrected chi connectivity index (χ1v) is 12.8. The lowest BCUT2D eigenvalue weighted by Crippen LogP contribution is -2.46. The Morgan fingerprint density at radius 3 is 2.37 bits per heavy atom. The van der Waals surface area contributed by atoms with Gasteiger partial charge in [-0.2, -0.15) is 0 Å². The normalized spacial score (nSPS) is 13.7. The highest BCUT2D eigenvalue weighted by Gasteiger charge is 2.21. The van der Waals surface area contributed by atoms with Crippen LogP contribution < -0.4 is 29.9 Å². The first-order valence-electron chi connectivity index (χ1n) is 12.5. The fourth-order valence-electron chi connectivity index (χ4n) is 4.33. The fraction of sp³-hybridized carbons (Fsp3) is 0.370. The number of rotatable bonds is 8. The molecule has 0 unspecified atom stereocenters. The summed E-state index contributed by atoms with van der Waals surface area (Å²) >= 11 is 6.47. The molecule has 1 aliphatic rings. The van der Waals surface area contributed by atoms with Crippen LogP contribution in [0.3, 0.4) is 0 Å². The van der Waals surface area contributed by atoms with Crippen LogP contribution in [0.4, 0.5) is 33.5 Å². The molecule has 1 saturated heterocycles. The molecule has 0 atom stereocenters. The number of urea groups is 1. The minimum absolute atomic E-state index is 0.285. The van der Waals surface area contributed by atoms with Gasteiger partial charge in [-0.05, 0) is 37.7 Å². The van der Waals surface area contributed by atoms with E-state index in [4.69, 9.17) is 21.1 Å². The molecule has 11 heteroatoms. The Bertz CT molecular complexity index is 1240. The monoisotopic (exact) mass is 539 g/mol. The maximum Gasteiger partial charge on any atom is 0.327 e. The molecule has 0 spiro atoms. The van der Waals surface area contributed by atoms with Crippen LogP contribution in [0.1, 0.15) is 12.5 Å². The van der Waals surface area contributed by atoms with E-state index in [0.717, 1.165) is 38.4 Å². The van der Waals surface area contributed by atoms with E-state index in [1.807, 2.05) is 19.1 Å². The molecule has 1 aliphatic heterocycles. The maximum absolute atomic E-state index is 13.1. The van der Waals surface area contributed by atoms with Crippen molar-refractivity contribution in [2.45, 2.75) is 13.8 Å². The number of amides is 2. The number of halogens is 1. The lowest BCUT2D eigenvalue weighted by Gasteiger charge is -2.35. The molecular weight excluding hydrogens is 506 g/mol. The van der Waals surface area contributed by atoms with E-state index in [9.17, 15) is 4.79 Å². The quantitative estimate of drug-likeness (QED) is 0.412. The number of hydrogen-bond acceptors (Lipinski definition) is 8. The predicted molar refractivity (Wildman–Crippen MR) is 153 cm³/mol. The zero-order valence-electron chi connectivity index (χ0n) is 22.4. The first-order chi connectivity index (χ1) is 18.3. The lowest BCUT2D eigenvalue weighted by molar-refractivity contribution is 0.258. The third kappa shape index (κ3) is 6.03. The van der Waals surface area contributed by atoms with Crippen LogP contribution in [0.5, 0.6) is 11.5 Å². The highest BCUT2D eigenvalue weighted by atomic mass is 35.5. The van der Waals surface area contributed by atoms with Crippen molar-refractivity contribution in [3.63, 3.8) is 0 Å². The van der Waals surface area contributed by atoms with E-state index in [-0.39, 0.29) is 5.02 Å². The van der Waals surface area contributed by atoms with Crippen LogP contribution in [0.2, 0.25) is 5.02 Å². The molecular formula is C27H34ClN7O3. The molecule has 0 radical (unpaired) electrons. The Hall–Kier alpha value is -3.76. The van der Waals surface area contributed by atoms with Gasteiger partial charge in [0.15, 0.2) is 0 Å². The summed E-state index contributed by atoms with van der Waals surface area (Å²) < 4.78 is 10.7. The van der Waals surface area contributed by atoms with Gasteiger partial charge in [-0.1, -0.05) is 18.5 Å². The number of methoxy groups -OCH3 is 2. The number of benzene rings is 2. The SMILES string of the molecule is CCN1CCN(c2ccc(Nc3cc(N(C)C(=O)Nc4c(C)c(OC)cc(OC)c4Cl)ncn3)cc2)CC1. The molecule has 0 bridgehead atoms. The fourth-order valence-corrected chi connectivity index (χ4v) is 4.65. The zero-order chi connectivity index (χ0) is 27.2. The number of carbonyl (C=O) groups excluding carboxylic acids is 1. The highest BCUT2D eigenvalue weighted by molar-refractivity contribution is 6.35. The minimum atomic E-state index is -0.428. The van der Waals surface area contributed by atoms with Crippen LogP contribution in [-0.4, -0.2) is 74.9 Å². The number of aromatic nitrogens is 2. The average molecular weight is 540 g/mol. The predicted octanol–water partition coefficient (Wildman–Crippen LogP) is 5.01. The summed E-state index contributed by atoms with van der Waals surface area (Å²) in [6, 6.07) is 11.2. The second-order valence-corrected chi connectivity index (χ2v) is 9.32. The van der Waals surface area contributed by atoms with Crippen LogP contribution in [0, 0.1) is 6.92 Å². The molecule has 3 aromatic rings. The van der Waals surface area contributed by atoms with Crippen molar-refractivity contribution in [2.24, 2.45) is 0 Å². The van der Waals surface area contributed by atoms with E-state index >= 15 is 0 Å². The molecule has 2 aromatic carbocycles. The highest BCUT2D eigenvalue weighted by Crippen LogP contribution is 2.40. The minimum Gasteiger partial charge on any atom is -0.496 e. The second-order valence-electron chi connectivity index (χ2n) is 8.94. The van der Waals surface area contributed by atoms with Gasteiger partial charge in [0.1, 0.15) is 34.5 Å². The summed E-state index contributed by atoms with van der Waals surface area (Å²) in [5.41, 5.74) is 3.18. The number of likely N-dealkylation sites (N-methyl/N-ethyl adjacent to an activating group) is 1. The third-order valence-electron chi connectivity index (χ3n) is 6.74. The molecule has 1 aromatic heterocycles. The summed E-state index contributed by atoms with van der Waals surface area (Å²) in [6.07, 6.45) is 1.41. The zero-order valence-corrected chi connectivity index (χ0v) is 23.2.